The van der Waals surface area contributed by atoms with Gasteiger partial charge >= 0.3 is 0 Å². The average Bonchev–Trinajstić information content (AvgIpc) is 2.54. The number of nitrogens with one attached hydrogen (secondary N) is 1. The molecular formula is C17H22N2O2. The zero-order valence-corrected chi connectivity index (χ0v) is 12.8. The molecule has 1 unspecified atom stereocenters. The van der Waals surface area contributed by atoms with Gasteiger partial charge in [0.25, 0.3) is 0 Å². The van der Waals surface area contributed by atoms with Crippen molar-refractivity contribution in [3.63, 3.8) is 0 Å². The van der Waals surface area contributed by atoms with Crippen molar-refractivity contribution in [2.45, 2.75) is 19.9 Å². The lowest BCUT2D eigenvalue weighted by Crippen LogP contribution is -2.23. The molecule has 112 valence electrons. The number of para-hydroxylation sites is 1. The fourth-order valence-corrected chi connectivity index (χ4v) is 2.40. The second kappa shape index (κ2) is 7.64. The van der Waals surface area contributed by atoms with E-state index in [1.165, 1.54) is 0 Å². The predicted molar refractivity (Wildman–Crippen MR) is 83.9 cm³/mol. The lowest BCUT2D eigenvalue weighted by atomic mass is 9.98. The van der Waals surface area contributed by atoms with Gasteiger partial charge in [-0.25, -0.2) is 0 Å². The van der Waals surface area contributed by atoms with Gasteiger partial charge in [-0.3, -0.25) is 4.98 Å². The highest BCUT2D eigenvalue weighted by Crippen LogP contribution is 2.34. The monoisotopic (exact) mass is 286 g/mol. The molecule has 1 aromatic heterocycles. The van der Waals surface area contributed by atoms with E-state index in [9.17, 15) is 0 Å². The van der Waals surface area contributed by atoms with Crippen LogP contribution in [0.15, 0.2) is 42.7 Å². The summed E-state index contributed by atoms with van der Waals surface area (Å²) in [7, 11) is 1.66. The molecule has 1 atom stereocenters. The maximum atomic E-state index is 5.76. The summed E-state index contributed by atoms with van der Waals surface area (Å²) in [5, 5.41) is 3.50. The van der Waals surface area contributed by atoms with Gasteiger partial charge in [-0.2, -0.15) is 0 Å². The summed E-state index contributed by atoms with van der Waals surface area (Å²) in [6.45, 7) is 5.57. The second-order valence-corrected chi connectivity index (χ2v) is 4.58. The minimum absolute atomic E-state index is 0.00991. The Morgan fingerprint density at radius 1 is 1.10 bits per heavy atom. The van der Waals surface area contributed by atoms with Crippen molar-refractivity contribution in [2.24, 2.45) is 0 Å². The molecule has 0 spiro atoms. The Kier molecular flexibility index (Phi) is 5.58. The minimum Gasteiger partial charge on any atom is -0.495 e. The van der Waals surface area contributed by atoms with Crippen LogP contribution in [0, 0.1) is 0 Å². The Morgan fingerprint density at radius 2 is 1.86 bits per heavy atom. The summed E-state index contributed by atoms with van der Waals surface area (Å²) in [6, 6.07) is 10.1. The molecule has 0 amide bonds. The van der Waals surface area contributed by atoms with Crippen LogP contribution in [0.25, 0.3) is 0 Å². The SMILES string of the molecule is CCNC(c1ccncc1OC)c1ccccc1OCC. The first-order chi connectivity index (χ1) is 10.3. The molecule has 0 radical (unpaired) electrons. The molecule has 0 fully saturated rings. The fourth-order valence-electron chi connectivity index (χ4n) is 2.40. The molecule has 1 aromatic carbocycles. The summed E-state index contributed by atoms with van der Waals surface area (Å²) in [6.07, 6.45) is 3.52. The Balaban J connectivity index is 2.48. The highest BCUT2D eigenvalue weighted by Gasteiger charge is 2.20. The van der Waals surface area contributed by atoms with Crippen LogP contribution in [0.2, 0.25) is 0 Å². The number of hydrogen-bond donors (Lipinski definition) is 1. The summed E-state index contributed by atoms with van der Waals surface area (Å²) in [4.78, 5) is 4.13. The number of aromatic nitrogens is 1. The van der Waals surface area contributed by atoms with Crippen molar-refractivity contribution in [1.29, 1.82) is 0 Å². The van der Waals surface area contributed by atoms with Gasteiger partial charge in [0.05, 0.1) is 26.0 Å². The molecule has 1 N–H and O–H groups in total. The summed E-state index contributed by atoms with van der Waals surface area (Å²) < 4.78 is 11.2. The zero-order valence-electron chi connectivity index (χ0n) is 12.8. The van der Waals surface area contributed by atoms with E-state index in [0.717, 1.165) is 29.2 Å². The summed E-state index contributed by atoms with van der Waals surface area (Å²) in [5.74, 6) is 1.67. The third-order valence-corrected chi connectivity index (χ3v) is 3.29. The van der Waals surface area contributed by atoms with Gasteiger partial charge in [0.15, 0.2) is 0 Å². The molecule has 2 rings (SSSR count). The van der Waals surface area contributed by atoms with Gasteiger partial charge < -0.3 is 14.8 Å². The topological polar surface area (TPSA) is 43.4 Å². The number of rotatable bonds is 7. The maximum absolute atomic E-state index is 5.76. The van der Waals surface area contributed by atoms with Gasteiger partial charge in [0, 0.05) is 17.3 Å². The second-order valence-electron chi connectivity index (χ2n) is 4.58. The van der Waals surface area contributed by atoms with E-state index >= 15 is 0 Å². The molecule has 0 saturated heterocycles. The standard InChI is InChI=1S/C17H22N2O2/c1-4-19-17(14-10-11-18-12-16(14)20-3)13-8-6-7-9-15(13)21-5-2/h6-12,17,19H,4-5H2,1-3H3. The number of hydrogen-bond acceptors (Lipinski definition) is 4. The largest absolute Gasteiger partial charge is 0.495 e. The molecule has 21 heavy (non-hydrogen) atoms. The number of nitrogens with zero attached hydrogens (tertiary/aromatic N) is 1. The zero-order chi connectivity index (χ0) is 15.1. The van der Waals surface area contributed by atoms with E-state index in [4.69, 9.17) is 9.47 Å². The van der Waals surface area contributed by atoms with Crippen molar-refractivity contribution in [2.75, 3.05) is 20.3 Å². The molecule has 0 aliphatic rings. The molecule has 4 heteroatoms. The van der Waals surface area contributed by atoms with Crippen LogP contribution in [0.1, 0.15) is 31.0 Å². The van der Waals surface area contributed by atoms with E-state index < -0.39 is 0 Å². The normalized spacial score (nSPS) is 12.0. The van der Waals surface area contributed by atoms with Crippen molar-refractivity contribution >= 4 is 0 Å². The number of benzene rings is 1. The third-order valence-electron chi connectivity index (χ3n) is 3.29. The lowest BCUT2D eigenvalue weighted by Gasteiger charge is -2.23. The molecule has 4 nitrogen and oxygen atoms in total. The average molecular weight is 286 g/mol. The van der Waals surface area contributed by atoms with Gasteiger partial charge in [0.1, 0.15) is 11.5 Å². The van der Waals surface area contributed by atoms with Gasteiger partial charge in [-0.05, 0) is 25.6 Å². The molecule has 0 saturated carbocycles. The smallest absolute Gasteiger partial charge is 0.142 e. The van der Waals surface area contributed by atoms with E-state index in [1.54, 1.807) is 19.5 Å². The molecule has 0 aliphatic carbocycles. The van der Waals surface area contributed by atoms with Crippen LogP contribution in [0.3, 0.4) is 0 Å². The Hall–Kier alpha value is -2.07. The summed E-state index contributed by atoms with van der Waals surface area (Å²) in [5.41, 5.74) is 2.16. The van der Waals surface area contributed by atoms with Gasteiger partial charge in [-0.1, -0.05) is 25.1 Å². The van der Waals surface area contributed by atoms with Crippen LogP contribution < -0.4 is 14.8 Å². The molecular weight excluding hydrogens is 264 g/mol. The highest BCUT2D eigenvalue weighted by atomic mass is 16.5. The van der Waals surface area contributed by atoms with Crippen molar-refractivity contribution in [1.82, 2.24) is 10.3 Å². The van der Waals surface area contributed by atoms with E-state index in [2.05, 4.69) is 23.3 Å². The fraction of sp³-hybridized carbons (Fsp3) is 0.353. The first-order valence-electron chi connectivity index (χ1n) is 7.24. The minimum atomic E-state index is 0.00991. The van der Waals surface area contributed by atoms with Gasteiger partial charge in [0.2, 0.25) is 0 Å². The first-order valence-corrected chi connectivity index (χ1v) is 7.24. The van der Waals surface area contributed by atoms with Crippen LogP contribution in [-0.2, 0) is 0 Å². The highest BCUT2D eigenvalue weighted by molar-refractivity contribution is 5.45. The lowest BCUT2D eigenvalue weighted by molar-refractivity contribution is 0.333. The quantitative estimate of drug-likeness (QED) is 0.849. The van der Waals surface area contributed by atoms with Crippen molar-refractivity contribution in [3.05, 3.63) is 53.9 Å². The van der Waals surface area contributed by atoms with Crippen LogP contribution in [0.4, 0.5) is 0 Å². The maximum Gasteiger partial charge on any atom is 0.142 e. The summed E-state index contributed by atoms with van der Waals surface area (Å²) >= 11 is 0. The van der Waals surface area contributed by atoms with Gasteiger partial charge in [-0.15, -0.1) is 0 Å². The Labute approximate surface area is 126 Å². The van der Waals surface area contributed by atoms with Crippen molar-refractivity contribution in [3.8, 4) is 11.5 Å². The van der Waals surface area contributed by atoms with Crippen molar-refractivity contribution < 1.29 is 9.47 Å². The van der Waals surface area contributed by atoms with Crippen LogP contribution >= 0.6 is 0 Å². The molecule has 2 aromatic rings. The van der Waals surface area contributed by atoms with E-state index in [-0.39, 0.29) is 6.04 Å². The first kappa shape index (κ1) is 15.3. The molecule has 0 bridgehead atoms. The van der Waals surface area contributed by atoms with Crippen LogP contribution in [0.5, 0.6) is 11.5 Å². The number of ether oxygens (including phenoxy) is 2. The Morgan fingerprint density at radius 3 is 2.57 bits per heavy atom. The number of methoxy groups -OCH3 is 1. The predicted octanol–water partition coefficient (Wildman–Crippen LogP) is 3.19. The molecule has 1 heterocycles. The van der Waals surface area contributed by atoms with E-state index in [1.807, 2.05) is 31.2 Å². The van der Waals surface area contributed by atoms with Crippen LogP contribution in [-0.4, -0.2) is 25.2 Å². The Bertz CT molecular complexity index is 572. The molecule has 0 aliphatic heterocycles. The third kappa shape index (κ3) is 3.52. The number of pyridine rings is 1. The van der Waals surface area contributed by atoms with E-state index in [0.29, 0.717) is 6.61 Å².